The lowest BCUT2D eigenvalue weighted by Gasteiger charge is -2.11. The zero-order chi connectivity index (χ0) is 12.9. The second-order valence-corrected chi connectivity index (χ2v) is 4.89. The standard InChI is InChI=1S/C14H29NO2/c1-3-4-5-6-7-8-9-10-11-12-13-15(2)14(16)17/h3-13H2,1-2H3,(H,16,17). The lowest BCUT2D eigenvalue weighted by atomic mass is 10.1. The van der Waals surface area contributed by atoms with Crippen molar-refractivity contribution in [1.82, 2.24) is 4.90 Å². The smallest absolute Gasteiger partial charge is 0.407 e. The largest absolute Gasteiger partial charge is 0.465 e. The Hall–Kier alpha value is -0.730. The van der Waals surface area contributed by atoms with Gasteiger partial charge in [-0.15, -0.1) is 0 Å². The molecule has 0 spiro atoms. The summed E-state index contributed by atoms with van der Waals surface area (Å²) in [6.07, 6.45) is 12.1. The number of hydrogen-bond acceptors (Lipinski definition) is 1. The second kappa shape index (κ2) is 11.7. The Morgan fingerprint density at radius 1 is 0.882 bits per heavy atom. The number of carboxylic acid groups (broad SMARTS) is 1. The molecule has 0 atom stereocenters. The maximum atomic E-state index is 10.5. The molecule has 0 heterocycles. The van der Waals surface area contributed by atoms with E-state index >= 15 is 0 Å². The average molecular weight is 243 g/mol. The molecule has 1 N–H and O–H groups in total. The lowest BCUT2D eigenvalue weighted by Crippen LogP contribution is -2.25. The van der Waals surface area contributed by atoms with Crippen molar-refractivity contribution in [2.24, 2.45) is 0 Å². The van der Waals surface area contributed by atoms with Crippen LogP contribution in [0.1, 0.15) is 71.1 Å². The molecule has 1 amide bonds. The molecule has 3 heteroatoms. The molecule has 0 aromatic carbocycles. The van der Waals surface area contributed by atoms with Crippen LogP contribution < -0.4 is 0 Å². The van der Waals surface area contributed by atoms with Crippen LogP contribution in [0.2, 0.25) is 0 Å². The Balaban J connectivity index is 3.06. The number of carbonyl (C=O) groups is 1. The SMILES string of the molecule is CCCCCCCCCCCCN(C)C(=O)O. The van der Waals surface area contributed by atoms with Crippen LogP contribution in [0.3, 0.4) is 0 Å². The Bertz CT molecular complexity index is 183. The summed E-state index contributed by atoms with van der Waals surface area (Å²) in [5.74, 6) is 0. The van der Waals surface area contributed by atoms with Gasteiger partial charge in [-0.2, -0.15) is 0 Å². The lowest BCUT2D eigenvalue weighted by molar-refractivity contribution is 0.155. The van der Waals surface area contributed by atoms with Gasteiger partial charge in [-0.3, -0.25) is 0 Å². The first-order chi connectivity index (χ1) is 8.18. The molecule has 0 aliphatic heterocycles. The van der Waals surface area contributed by atoms with Gasteiger partial charge in [0.25, 0.3) is 0 Å². The summed E-state index contributed by atoms with van der Waals surface area (Å²) in [5.41, 5.74) is 0. The van der Waals surface area contributed by atoms with Gasteiger partial charge in [-0.25, -0.2) is 4.79 Å². The van der Waals surface area contributed by atoms with E-state index in [1.165, 1.54) is 56.3 Å². The van der Waals surface area contributed by atoms with Crippen molar-refractivity contribution >= 4 is 6.09 Å². The summed E-state index contributed by atoms with van der Waals surface area (Å²) in [6, 6.07) is 0. The number of amides is 1. The first-order valence-corrected chi connectivity index (χ1v) is 7.12. The van der Waals surface area contributed by atoms with E-state index < -0.39 is 6.09 Å². The van der Waals surface area contributed by atoms with Gasteiger partial charge >= 0.3 is 6.09 Å². The Labute approximate surface area is 106 Å². The quantitative estimate of drug-likeness (QED) is 0.542. The Morgan fingerprint density at radius 3 is 1.71 bits per heavy atom. The van der Waals surface area contributed by atoms with E-state index in [1.807, 2.05) is 0 Å². The van der Waals surface area contributed by atoms with E-state index in [0.717, 1.165) is 12.8 Å². The summed E-state index contributed by atoms with van der Waals surface area (Å²) in [4.78, 5) is 11.9. The highest BCUT2D eigenvalue weighted by molar-refractivity contribution is 5.64. The van der Waals surface area contributed by atoms with Crippen molar-refractivity contribution in [2.75, 3.05) is 13.6 Å². The average Bonchev–Trinajstić information content (AvgIpc) is 2.31. The number of rotatable bonds is 11. The second-order valence-electron chi connectivity index (χ2n) is 4.89. The highest BCUT2D eigenvalue weighted by Crippen LogP contribution is 2.10. The molecular formula is C14H29NO2. The summed E-state index contributed by atoms with van der Waals surface area (Å²) in [6.45, 7) is 2.92. The predicted molar refractivity (Wildman–Crippen MR) is 72.5 cm³/mol. The molecule has 0 aliphatic carbocycles. The zero-order valence-corrected chi connectivity index (χ0v) is 11.6. The van der Waals surface area contributed by atoms with Crippen molar-refractivity contribution in [2.45, 2.75) is 71.1 Å². The van der Waals surface area contributed by atoms with Crippen LogP contribution in [0.5, 0.6) is 0 Å². The van der Waals surface area contributed by atoms with Crippen LogP contribution in [-0.2, 0) is 0 Å². The van der Waals surface area contributed by atoms with Crippen molar-refractivity contribution in [1.29, 1.82) is 0 Å². The predicted octanol–water partition coefficient (Wildman–Crippen LogP) is 4.52. The number of nitrogens with zero attached hydrogens (tertiary/aromatic N) is 1. The number of unbranched alkanes of at least 4 members (excludes halogenated alkanes) is 9. The molecule has 0 rings (SSSR count). The molecule has 0 bridgehead atoms. The molecule has 0 aromatic rings. The molecule has 0 radical (unpaired) electrons. The Morgan fingerprint density at radius 2 is 1.29 bits per heavy atom. The first-order valence-electron chi connectivity index (χ1n) is 7.12. The molecule has 0 unspecified atom stereocenters. The molecule has 0 saturated carbocycles. The van der Waals surface area contributed by atoms with Gasteiger partial charge in [0.05, 0.1) is 0 Å². The van der Waals surface area contributed by atoms with Gasteiger partial charge < -0.3 is 10.0 Å². The molecule has 17 heavy (non-hydrogen) atoms. The first kappa shape index (κ1) is 16.3. The van der Waals surface area contributed by atoms with Crippen LogP contribution >= 0.6 is 0 Å². The van der Waals surface area contributed by atoms with Gasteiger partial charge in [0.1, 0.15) is 0 Å². The van der Waals surface area contributed by atoms with E-state index in [9.17, 15) is 4.79 Å². The van der Waals surface area contributed by atoms with Gasteiger partial charge in [0.15, 0.2) is 0 Å². The summed E-state index contributed by atoms with van der Waals surface area (Å²) in [7, 11) is 1.63. The molecule has 0 aliphatic rings. The van der Waals surface area contributed by atoms with Crippen LogP contribution in [0, 0.1) is 0 Å². The molecule has 0 saturated heterocycles. The third-order valence-corrected chi connectivity index (χ3v) is 3.17. The Kier molecular flexibility index (Phi) is 11.2. The van der Waals surface area contributed by atoms with Crippen LogP contribution in [0.15, 0.2) is 0 Å². The minimum Gasteiger partial charge on any atom is -0.465 e. The zero-order valence-electron chi connectivity index (χ0n) is 11.6. The molecular weight excluding hydrogens is 214 g/mol. The minimum absolute atomic E-state index is 0.672. The van der Waals surface area contributed by atoms with Crippen molar-refractivity contribution in [3.8, 4) is 0 Å². The van der Waals surface area contributed by atoms with Gasteiger partial charge in [0.2, 0.25) is 0 Å². The molecule has 0 aromatic heterocycles. The summed E-state index contributed by atoms with van der Waals surface area (Å²) >= 11 is 0. The highest BCUT2D eigenvalue weighted by Gasteiger charge is 2.03. The maximum Gasteiger partial charge on any atom is 0.407 e. The summed E-state index contributed by atoms with van der Waals surface area (Å²) in [5, 5.41) is 8.65. The maximum absolute atomic E-state index is 10.5. The molecule has 0 fully saturated rings. The normalized spacial score (nSPS) is 10.5. The van der Waals surface area contributed by atoms with E-state index in [2.05, 4.69) is 6.92 Å². The summed E-state index contributed by atoms with van der Waals surface area (Å²) < 4.78 is 0. The van der Waals surface area contributed by atoms with Crippen molar-refractivity contribution in [3.05, 3.63) is 0 Å². The molecule has 3 nitrogen and oxygen atoms in total. The van der Waals surface area contributed by atoms with Crippen LogP contribution in [-0.4, -0.2) is 29.7 Å². The topological polar surface area (TPSA) is 40.5 Å². The third-order valence-electron chi connectivity index (χ3n) is 3.17. The van der Waals surface area contributed by atoms with E-state index in [-0.39, 0.29) is 0 Å². The fourth-order valence-corrected chi connectivity index (χ4v) is 1.93. The van der Waals surface area contributed by atoms with Crippen molar-refractivity contribution in [3.63, 3.8) is 0 Å². The number of hydrogen-bond donors (Lipinski definition) is 1. The minimum atomic E-state index is -0.819. The fourth-order valence-electron chi connectivity index (χ4n) is 1.93. The van der Waals surface area contributed by atoms with Gasteiger partial charge in [-0.1, -0.05) is 64.7 Å². The molecule has 102 valence electrons. The van der Waals surface area contributed by atoms with Crippen LogP contribution in [0.25, 0.3) is 0 Å². The van der Waals surface area contributed by atoms with E-state index in [1.54, 1.807) is 7.05 Å². The van der Waals surface area contributed by atoms with E-state index in [4.69, 9.17) is 5.11 Å². The third kappa shape index (κ3) is 11.5. The van der Waals surface area contributed by atoms with Gasteiger partial charge in [0, 0.05) is 13.6 Å². The van der Waals surface area contributed by atoms with Crippen LogP contribution in [0.4, 0.5) is 4.79 Å². The monoisotopic (exact) mass is 243 g/mol. The van der Waals surface area contributed by atoms with E-state index in [0.29, 0.717) is 6.54 Å². The fraction of sp³-hybridized carbons (Fsp3) is 0.929. The van der Waals surface area contributed by atoms with Gasteiger partial charge in [-0.05, 0) is 6.42 Å². The van der Waals surface area contributed by atoms with Crippen molar-refractivity contribution < 1.29 is 9.90 Å². The highest BCUT2D eigenvalue weighted by atomic mass is 16.4.